The summed E-state index contributed by atoms with van der Waals surface area (Å²) in [6, 6.07) is 4.46. The van der Waals surface area contributed by atoms with E-state index in [4.69, 9.17) is 11.6 Å². The number of hydrogen-bond donors (Lipinski definition) is 0. The quantitative estimate of drug-likeness (QED) is 0.437. The van der Waals surface area contributed by atoms with Crippen LogP contribution in [0, 0.1) is 17.0 Å². The zero-order chi connectivity index (χ0) is 16.0. The molecule has 21 heavy (non-hydrogen) atoms. The first-order valence-electron chi connectivity index (χ1n) is 7.08. The van der Waals surface area contributed by atoms with Gasteiger partial charge in [-0.25, -0.2) is 0 Å². The maximum absolute atomic E-state index is 12.7. The minimum atomic E-state index is -0.487. The Kier molecular flexibility index (Phi) is 6.62. The van der Waals surface area contributed by atoms with Crippen LogP contribution >= 0.6 is 11.6 Å². The highest BCUT2D eigenvalue weighted by Gasteiger charge is 2.24. The number of carbonyl (C=O) groups is 1. The van der Waals surface area contributed by atoms with Crippen molar-refractivity contribution in [1.82, 2.24) is 4.90 Å². The fourth-order valence-electron chi connectivity index (χ4n) is 2.38. The second-order valence-corrected chi connectivity index (χ2v) is 5.29. The number of nitro groups is 1. The highest BCUT2D eigenvalue weighted by molar-refractivity contribution is 6.18. The predicted octanol–water partition coefficient (Wildman–Crippen LogP) is 3.77. The molecule has 1 aromatic rings. The van der Waals surface area contributed by atoms with Gasteiger partial charge in [-0.05, 0) is 25.3 Å². The number of aryl methyl sites for hydroxylation is 1. The summed E-state index contributed by atoms with van der Waals surface area (Å²) in [6.45, 7) is 6.25. The Morgan fingerprint density at radius 1 is 1.38 bits per heavy atom. The van der Waals surface area contributed by atoms with Gasteiger partial charge >= 0.3 is 0 Å². The number of benzene rings is 1. The first-order chi connectivity index (χ1) is 9.96. The second-order valence-electron chi connectivity index (χ2n) is 4.91. The maximum atomic E-state index is 12.7. The molecule has 5 nitrogen and oxygen atoms in total. The number of amides is 1. The van der Waals surface area contributed by atoms with Gasteiger partial charge in [0.2, 0.25) is 0 Å². The van der Waals surface area contributed by atoms with Crippen LogP contribution < -0.4 is 0 Å². The number of halogens is 1. The average Bonchev–Trinajstić information content (AvgIpc) is 2.47. The molecule has 0 aromatic heterocycles. The monoisotopic (exact) mass is 312 g/mol. The van der Waals surface area contributed by atoms with Crippen LogP contribution in [0.5, 0.6) is 0 Å². The standard InChI is InChI=1S/C15H21ClN2O3/c1-4-12(5-2)17(9-8-16)15(19)14-10-13(18(20)21)7-6-11(14)3/h6-7,10,12H,4-5,8-9H2,1-3H3. The third kappa shape index (κ3) is 4.17. The van der Waals surface area contributed by atoms with Crippen molar-refractivity contribution in [3.8, 4) is 0 Å². The zero-order valence-corrected chi connectivity index (χ0v) is 13.4. The lowest BCUT2D eigenvalue weighted by Gasteiger charge is -2.30. The molecule has 1 amide bonds. The summed E-state index contributed by atoms with van der Waals surface area (Å²) in [5.41, 5.74) is 1.04. The first kappa shape index (κ1) is 17.4. The van der Waals surface area contributed by atoms with E-state index in [0.717, 1.165) is 18.4 Å². The van der Waals surface area contributed by atoms with Crippen LogP contribution in [-0.4, -0.2) is 34.2 Å². The molecule has 0 saturated heterocycles. The van der Waals surface area contributed by atoms with E-state index in [-0.39, 0.29) is 17.6 Å². The van der Waals surface area contributed by atoms with Gasteiger partial charge in [0, 0.05) is 36.2 Å². The van der Waals surface area contributed by atoms with Crippen LogP contribution in [-0.2, 0) is 0 Å². The van der Waals surface area contributed by atoms with E-state index >= 15 is 0 Å². The van der Waals surface area contributed by atoms with Gasteiger partial charge in [0.1, 0.15) is 0 Å². The fourth-order valence-corrected chi connectivity index (χ4v) is 2.56. The van der Waals surface area contributed by atoms with Crippen molar-refractivity contribution < 1.29 is 9.72 Å². The van der Waals surface area contributed by atoms with E-state index in [2.05, 4.69) is 0 Å². The largest absolute Gasteiger partial charge is 0.334 e. The third-order valence-electron chi connectivity index (χ3n) is 3.63. The molecule has 0 unspecified atom stereocenters. The van der Waals surface area contributed by atoms with Gasteiger partial charge in [-0.1, -0.05) is 19.9 Å². The van der Waals surface area contributed by atoms with E-state index in [9.17, 15) is 14.9 Å². The van der Waals surface area contributed by atoms with Gasteiger partial charge in [0.25, 0.3) is 11.6 Å². The molecular formula is C15H21ClN2O3. The molecule has 0 N–H and O–H groups in total. The van der Waals surface area contributed by atoms with Crippen molar-refractivity contribution in [3.63, 3.8) is 0 Å². The van der Waals surface area contributed by atoms with E-state index < -0.39 is 4.92 Å². The van der Waals surface area contributed by atoms with Crippen LogP contribution in [0.2, 0.25) is 0 Å². The molecule has 116 valence electrons. The third-order valence-corrected chi connectivity index (χ3v) is 3.80. The summed E-state index contributed by atoms with van der Waals surface area (Å²) in [4.78, 5) is 24.9. The van der Waals surface area contributed by atoms with Crippen LogP contribution in [0.4, 0.5) is 5.69 Å². The van der Waals surface area contributed by atoms with Gasteiger partial charge in [0.15, 0.2) is 0 Å². The molecule has 0 fully saturated rings. The van der Waals surface area contributed by atoms with Crippen molar-refractivity contribution in [2.75, 3.05) is 12.4 Å². The molecular weight excluding hydrogens is 292 g/mol. The molecule has 1 aromatic carbocycles. The Balaban J connectivity index is 3.19. The molecule has 0 saturated carbocycles. The molecule has 0 bridgehead atoms. The van der Waals surface area contributed by atoms with Crippen LogP contribution in [0.15, 0.2) is 18.2 Å². The number of nitrogens with zero attached hydrogens (tertiary/aromatic N) is 2. The van der Waals surface area contributed by atoms with E-state index in [1.165, 1.54) is 12.1 Å². The molecule has 0 aliphatic carbocycles. The van der Waals surface area contributed by atoms with E-state index in [1.54, 1.807) is 17.9 Å². The Hall–Kier alpha value is -1.62. The molecule has 0 atom stereocenters. The molecule has 0 aliphatic heterocycles. The molecule has 0 heterocycles. The van der Waals surface area contributed by atoms with Gasteiger partial charge in [-0.3, -0.25) is 14.9 Å². The van der Waals surface area contributed by atoms with Crippen molar-refractivity contribution in [2.45, 2.75) is 39.7 Å². The zero-order valence-electron chi connectivity index (χ0n) is 12.6. The minimum Gasteiger partial charge on any atom is -0.334 e. The first-order valence-corrected chi connectivity index (χ1v) is 7.61. The molecule has 1 rings (SSSR count). The van der Waals surface area contributed by atoms with Gasteiger partial charge < -0.3 is 4.90 Å². The second kappa shape index (κ2) is 7.98. The molecule has 0 spiro atoms. The van der Waals surface area contributed by atoms with Crippen LogP contribution in [0.25, 0.3) is 0 Å². The highest BCUT2D eigenvalue weighted by Crippen LogP contribution is 2.21. The lowest BCUT2D eigenvalue weighted by atomic mass is 10.0. The predicted molar refractivity (Wildman–Crippen MR) is 84.0 cm³/mol. The highest BCUT2D eigenvalue weighted by atomic mass is 35.5. The minimum absolute atomic E-state index is 0.0701. The normalized spacial score (nSPS) is 10.7. The Morgan fingerprint density at radius 2 is 2.00 bits per heavy atom. The molecule has 0 radical (unpaired) electrons. The van der Waals surface area contributed by atoms with E-state index in [1.807, 2.05) is 13.8 Å². The molecule has 0 aliphatic rings. The maximum Gasteiger partial charge on any atom is 0.270 e. The number of alkyl halides is 1. The Morgan fingerprint density at radius 3 is 2.48 bits per heavy atom. The number of hydrogen-bond acceptors (Lipinski definition) is 3. The topological polar surface area (TPSA) is 63.5 Å². The van der Waals surface area contributed by atoms with Crippen LogP contribution in [0.1, 0.15) is 42.6 Å². The summed E-state index contributed by atoms with van der Waals surface area (Å²) in [5.74, 6) is 0.154. The SMILES string of the molecule is CCC(CC)N(CCCl)C(=O)c1cc([N+](=O)[O-])ccc1C. The van der Waals surface area contributed by atoms with Crippen molar-refractivity contribution >= 4 is 23.2 Å². The van der Waals surface area contributed by atoms with Gasteiger partial charge in [0.05, 0.1) is 4.92 Å². The van der Waals surface area contributed by atoms with Crippen LogP contribution in [0.3, 0.4) is 0 Å². The van der Waals surface area contributed by atoms with Crippen molar-refractivity contribution in [1.29, 1.82) is 0 Å². The number of nitro benzene ring substituents is 1. The number of non-ortho nitro benzene ring substituents is 1. The summed E-state index contributed by atoms with van der Waals surface area (Å²) < 4.78 is 0. The van der Waals surface area contributed by atoms with Crippen molar-refractivity contribution in [2.24, 2.45) is 0 Å². The van der Waals surface area contributed by atoms with Gasteiger partial charge in [-0.15, -0.1) is 11.6 Å². The fraction of sp³-hybridized carbons (Fsp3) is 0.533. The van der Waals surface area contributed by atoms with Crippen molar-refractivity contribution in [3.05, 3.63) is 39.4 Å². The summed E-state index contributed by atoms with van der Waals surface area (Å²) in [7, 11) is 0. The lowest BCUT2D eigenvalue weighted by molar-refractivity contribution is -0.384. The smallest absolute Gasteiger partial charge is 0.270 e. The summed E-state index contributed by atoms with van der Waals surface area (Å²) >= 11 is 5.81. The van der Waals surface area contributed by atoms with Gasteiger partial charge in [-0.2, -0.15) is 0 Å². The Bertz CT molecular complexity index is 516. The number of carbonyl (C=O) groups excluding carboxylic acids is 1. The lowest BCUT2D eigenvalue weighted by Crippen LogP contribution is -2.41. The average molecular weight is 313 g/mol. The summed E-state index contributed by atoms with van der Waals surface area (Å²) in [6.07, 6.45) is 1.65. The molecule has 6 heteroatoms. The Labute approximate surface area is 130 Å². The van der Waals surface area contributed by atoms with E-state index in [0.29, 0.717) is 18.0 Å². The number of rotatable bonds is 7. The summed E-state index contributed by atoms with van der Waals surface area (Å²) in [5, 5.41) is 10.9.